The largest absolute Gasteiger partial charge is 0.490 e. The maximum absolute atomic E-state index is 13.4. The lowest BCUT2D eigenvalue weighted by molar-refractivity contribution is 0.0895. The molecule has 0 saturated carbocycles. The molecule has 1 saturated heterocycles. The Balaban J connectivity index is 0.00000289. The van der Waals surface area contributed by atoms with Crippen LogP contribution >= 0.6 is 12.4 Å². The van der Waals surface area contributed by atoms with E-state index in [0.717, 1.165) is 67.8 Å². The minimum atomic E-state index is -0.174. The molecule has 1 aliphatic heterocycles. The van der Waals surface area contributed by atoms with Gasteiger partial charge in [-0.15, -0.1) is 12.4 Å². The quantitative estimate of drug-likeness (QED) is 0.505. The van der Waals surface area contributed by atoms with Gasteiger partial charge in [-0.05, 0) is 93.9 Å². The Labute approximate surface area is 196 Å². The average molecular weight is 462 g/mol. The minimum absolute atomic E-state index is 0. The van der Waals surface area contributed by atoms with Crippen LogP contribution in [-0.4, -0.2) is 37.0 Å². The van der Waals surface area contributed by atoms with Crippen molar-refractivity contribution < 1.29 is 18.7 Å². The number of piperidine rings is 1. The molecular formula is C26H33ClFNO3. The first-order chi connectivity index (χ1) is 15.1. The molecule has 174 valence electrons. The highest BCUT2D eigenvalue weighted by atomic mass is 35.5. The van der Waals surface area contributed by atoms with Crippen LogP contribution in [0.1, 0.15) is 54.6 Å². The average Bonchev–Trinajstić information content (AvgIpc) is 3.05. The van der Waals surface area contributed by atoms with Gasteiger partial charge in [-0.25, -0.2) is 4.39 Å². The second-order valence-corrected chi connectivity index (χ2v) is 8.67. The predicted octanol–water partition coefficient (Wildman–Crippen LogP) is 5.70. The van der Waals surface area contributed by atoms with Crippen molar-refractivity contribution in [2.75, 3.05) is 26.3 Å². The Morgan fingerprint density at radius 1 is 1.03 bits per heavy atom. The van der Waals surface area contributed by atoms with Crippen LogP contribution in [0.5, 0.6) is 11.5 Å². The van der Waals surface area contributed by atoms with Gasteiger partial charge in [0.1, 0.15) is 5.82 Å². The number of hydrogen-bond donors (Lipinski definition) is 0. The number of fused-ring (bicyclic) bond motifs is 1. The van der Waals surface area contributed by atoms with Crippen molar-refractivity contribution in [3.05, 3.63) is 58.9 Å². The molecule has 2 aromatic carbocycles. The summed E-state index contributed by atoms with van der Waals surface area (Å²) in [7, 11) is 0. The fourth-order valence-corrected chi connectivity index (χ4v) is 4.98. The van der Waals surface area contributed by atoms with Crippen molar-refractivity contribution >= 4 is 18.2 Å². The number of halogens is 2. The molecule has 1 fully saturated rings. The molecule has 6 heteroatoms. The van der Waals surface area contributed by atoms with Crippen LogP contribution in [-0.2, 0) is 13.0 Å². The van der Waals surface area contributed by atoms with Gasteiger partial charge in [0.2, 0.25) is 0 Å². The summed E-state index contributed by atoms with van der Waals surface area (Å²) < 4.78 is 24.9. The van der Waals surface area contributed by atoms with Gasteiger partial charge in [0.15, 0.2) is 17.3 Å². The van der Waals surface area contributed by atoms with Gasteiger partial charge >= 0.3 is 0 Å². The first-order valence-electron chi connectivity index (χ1n) is 11.5. The van der Waals surface area contributed by atoms with Gasteiger partial charge in [-0.3, -0.25) is 9.69 Å². The van der Waals surface area contributed by atoms with Crippen LogP contribution in [0.15, 0.2) is 36.4 Å². The number of carbonyl (C=O) groups excluding carboxylic acids is 1. The van der Waals surface area contributed by atoms with Crippen molar-refractivity contribution in [2.45, 2.75) is 46.1 Å². The van der Waals surface area contributed by atoms with E-state index >= 15 is 0 Å². The molecule has 1 aliphatic carbocycles. The molecule has 0 bridgehead atoms. The summed E-state index contributed by atoms with van der Waals surface area (Å²) in [5.41, 5.74) is 2.92. The number of rotatable bonds is 8. The molecular weight excluding hydrogens is 429 g/mol. The van der Waals surface area contributed by atoms with E-state index in [4.69, 9.17) is 9.47 Å². The lowest BCUT2D eigenvalue weighted by Crippen LogP contribution is -2.34. The number of ether oxygens (including phenoxy) is 2. The molecule has 0 N–H and O–H groups in total. The SMILES string of the molecule is CCOc1cc2c(cc1OCC)C(=O)C(CC1CCN(Cc3cccc(F)c3)CC1)C2.Cl. The standard InChI is InChI=1S/C26H32FNO3.ClH/c1-3-30-24-15-20-14-21(26(29)23(20)16-25(24)31-4-2)12-18-8-10-28(11-9-18)17-19-6-5-7-22(27)13-19;/h5-7,13,15-16,18,21H,3-4,8-12,14,17H2,1-2H3;1H. The highest BCUT2D eigenvalue weighted by Crippen LogP contribution is 2.40. The monoisotopic (exact) mass is 461 g/mol. The summed E-state index contributed by atoms with van der Waals surface area (Å²) in [5, 5.41) is 0. The zero-order valence-electron chi connectivity index (χ0n) is 18.9. The zero-order valence-corrected chi connectivity index (χ0v) is 19.8. The van der Waals surface area contributed by atoms with E-state index in [2.05, 4.69) is 4.90 Å². The van der Waals surface area contributed by atoms with E-state index in [1.807, 2.05) is 32.0 Å². The van der Waals surface area contributed by atoms with Crippen molar-refractivity contribution in [2.24, 2.45) is 11.8 Å². The second-order valence-electron chi connectivity index (χ2n) is 8.67. The minimum Gasteiger partial charge on any atom is -0.490 e. The Bertz CT molecular complexity index is 927. The van der Waals surface area contributed by atoms with Gasteiger partial charge in [-0.2, -0.15) is 0 Å². The predicted molar refractivity (Wildman–Crippen MR) is 127 cm³/mol. The lowest BCUT2D eigenvalue weighted by atomic mass is 9.85. The molecule has 0 radical (unpaired) electrons. The van der Waals surface area contributed by atoms with E-state index in [9.17, 15) is 9.18 Å². The lowest BCUT2D eigenvalue weighted by Gasteiger charge is -2.33. The smallest absolute Gasteiger partial charge is 0.166 e. The number of hydrogen-bond acceptors (Lipinski definition) is 4. The number of nitrogens with zero attached hydrogens (tertiary/aromatic N) is 1. The number of Topliss-reactive ketones (excluding diaryl/α,β-unsaturated/α-hetero) is 1. The Morgan fingerprint density at radius 2 is 1.72 bits per heavy atom. The summed E-state index contributed by atoms with van der Waals surface area (Å²) in [4.78, 5) is 15.5. The van der Waals surface area contributed by atoms with Gasteiger partial charge in [0, 0.05) is 18.0 Å². The first-order valence-corrected chi connectivity index (χ1v) is 11.5. The molecule has 4 nitrogen and oxygen atoms in total. The fourth-order valence-electron chi connectivity index (χ4n) is 4.98. The summed E-state index contributed by atoms with van der Waals surface area (Å²) >= 11 is 0. The van der Waals surface area contributed by atoms with Crippen molar-refractivity contribution in [1.82, 2.24) is 4.90 Å². The highest BCUT2D eigenvalue weighted by molar-refractivity contribution is 6.02. The Kier molecular flexibility index (Phi) is 8.55. The molecule has 0 amide bonds. The van der Waals surface area contributed by atoms with Crippen molar-refractivity contribution in [3.8, 4) is 11.5 Å². The highest BCUT2D eigenvalue weighted by Gasteiger charge is 2.34. The third kappa shape index (κ3) is 5.62. The molecule has 1 heterocycles. The maximum atomic E-state index is 13.4. The van der Waals surface area contributed by atoms with Crippen LogP contribution in [0.2, 0.25) is 0 Å². The van der Waals surface area contributed by atoms with E-state index in [1.54, 1.807) is 12.1 Å². The molecule has 2 aromatic rings. The number of benzene rings is 2. The summed E-state index contributed by atoms with van der Waals surface area (Å²) in [6.07, 6.45) is 3.91. The second kappa shape index (κ2) is 11.2. The van der Waals surface area contributed by atoms with Crippen LogP contribution in [0, 0.1) is 17.7 Å². The van der Waals surface area contributed by atoms with Crippen molar-refractivity contribution in [1.29, 1.82) is 0 Å². The van der Waals surface area contributed by atoms with Crippen LogP contribution in [0.3, 0.4) is 0 Å². The first kappa shape index (κ1) is 24.5. The van der Waals surface area contributed by atoms with Gasteiger partial charge in [0.25, 0.3) is 0 Å². The van der Waals surface area contributed by atoms with E-state index in [1.165, 1.54) is 6.07 Å². The number of carbonyl (C=O) groups is 1. The Morgan fingerprint density at radius 3 is 2.38 bits per heavy atom. The number of ketones is 1. The Hall–Kier alpha value is -2.11. The van der Waals surface area contributed by atoms with E-state index < -0.39 is 0 Å². The van der Waals surface area contributed by atoms with Gasteiger partial charge < -0.3 is 9.47 Å². The molecule has 32 heavy (non-hydrogen) atoms. The van der Waals surface area contributed by atoms with E-state index in [0.29, 0.717) is 24.9 Å². The summed E-state index contributed by atoms with van der Waals surface area (Å²) in [6.45, 7) is 7.80. The van der Waals surface area contributed by atoms with Crippen molar-refractivity contribution in [3.63, 3.8) is 0 Å². The summed E-state index contributed by atoms with van der Waals surface area (Å²) in [5.74, 6) is 2.10. The molecule has 0 spiro atoms. The molecule has 0 aromatic heterocycles. The zero-order chi connectivity index (χ0) is 21.8. The van der Waals surface area contributed by atoms with Gasteiger partial charge in [0.05, 0.1) is 13.2 Å². The number of likely N-dealkylation sites (tertiary alicyclic amines) is 1. The summed E-state index contributed by atoms with van der Waals surface area (Å²) in [6, 6.07) is 10.7. The topological polar surface area (TPSA) is 38.8 Å². The maximum Gasteiger partial charge on any atom is 0.166 e. The fraction of sp³-hybridized carbons (Fsp3) is 0.500. The van der Waals surface area contributed by atoms with Crippen LogP contribution in [0.4, 0.5) is 4.39 Å². The molecule has 4 rings (SSSR count). The third-order valence-electron chi connectivity index (χ3n) is 6.49. The van der Waals surface area contributed by atoms with E-state index in [-0.39, 0.29) is 29.9 Å². The van der Waals surface area contributed by atoms with Crippen LogP contribution in [0.25, 0.3) is 0 Å². The van der Waals surface area contributed by atoms with Crippen LogP contribution < -0.4 is 9.47 Å². The van der Waals surface area contributed by atoms with Gasteiger partial charge in [-0.1, -0.05) is 12.1 Å². The molecule has 1 atom stereocenters. The third-order valence-corrected chi connectivity index (χ3v) is 6.49. The molecule has 1 unspecified atom stereocenters. The normalized spacial score (nSPS) is 18.8. The molecule has 2 aliphatic rings.